The van der Waals surface area contributed by atoms with Gasteiger partial charge >= 0.3 is 6.09 Å². The Morgan fingerprint density at radius 1 is 1.18 bits per heavy atom. The molecule has 1 aromatic carbocycles. The summed E-state index contributed by atoms with van der Waals surface area (Å²) in [5.41, 5.74) is 4.44. The van der Waals surface area contributed by atoms with Crippen molar-refractivity contribution in [2.75, 3.05) is 18.4 Å². The second-order valence-electron chi connectivity index (χ2n) is 8.51. The number of ether oxygens (including phenoxy) is 1. The van der Waals surface area contributed by atoms with Crippen LogP contribution >= 0.6 is 0 Å². The van der Waals surface area contributed by atoms with Crippen LogP contribution in [0.2, 0.25) is 0 Å². The third-order valence-corrected chi connectivity index (χ3v) is 5.92. The predicted octanol–water partition coefficient (Wildman–Crippen LogP) is 4.48. The van der Waals surface area contributed by atoms with E-state index in [1.54, 1.807) is 11.1 Å². The number of nitrogens with one attached hydrogen (secondary N) is 2. The summed E-state index contributed by atoms with van der Waals surface area (Å²) >= 11 is 0. The number of hydrogen-bond donors (Lipinski definition) is 2. The van der Waals surface area contributed by atoms with E-state index in [0.717, 1.165) is 40.0 Å². The number of carbonyl (C=O) groups excluding carboxylic acids is 1. The predicted molar refractivity (Wildman–Crippen MR) is 127 cm³/mol. The average Bonchev–Trinajstić information content (AvgIpc) is 3.33. The Morgan fingerprint density at radius 2 is 2.06 bits per heavy atom. The molecule has 0 aliphatic carbocycles. The molecule has 4 heterocycles. The third kappa shape index (κ3) is 4.64. The minimum absolute atomic E-state index is 0.0686. The van der Waals surface area contributed by atoms with Gasteiger partial charge in [-0.25, -0.2) is 19.7 Å². The fraction of sp³-hybridized carbons (Fsp3) is 0.280. The molecule has 2 atom stereocenters. The maximum Gasteiger partial charge on any atom is 0.410 e. The van der Waals surface area contributed by atoms with Crippen molar-refractivity contribution in [3.8, 4) is 11.3 Å². The van der Waals surface area contributed by atoms with E-state index in [1.165, 1.54) is 6.33 Å². The number of benzene rings is 1. The molecule has 0 spiro atoms. The van der Waals surface area contributed by atoms with Crippen LogP contribution in [0.3, 0.4) is 0 Å². The highest BCUT2D eigenvalue weighted by atomic mass is 16.6. The molecule has 33 heavy (non-hydrogen) atoms. The fourth-order valence-electron chi connectivity index (χ4n) is 4.43. The summed E-state index contributed by atoms with van der Waals surface area (Å²) in [6.07, 6.45) is 7.62. The van der Waals surface area contributed by atoms with Crippen molar-refractivity contribution < 1.29 is 9.53 Å². The van der Waals surface area contributed by atoms with Gasteiger partial charge in [0.1, 0.15) is 18.6 Å². The quantitative estimate of drug-likeness (QED) is 0.473. The van der Waals surface area contributed by atoms with Gasteiger partial charge in [-0.2, -0.15) is 0 Å². The Balaban J connectivity index is 1.35. The summed E-state index contributed by atoms with van der Waals surface area (Å²) in [6.45, 7) is 3.68. The van der Waals surface area contributed by atoms with Crippen LogP contribution in [-0.2, 0) is 11.3 Å². The SMILES string of the molecule is C[C@@H]1C[C@H](Nc2c(-c3ccncn3)cnc3[nH]ccc23)CN(C(=O)OCc2ccccc2)C1. The number of aromatic nitrogens is 4. The normalized spacial score (nSPS) is 18.3. The molecule has 4 aromatic rings. The smallest absolute Gasteiger partial charge is 0.410 e. The fourth-order valence-corrected chi connectivity index (χ4v) is 4.43. The molecule has 2 N–H and O–H groups in total. The van der Waals surface area contributed by atoms with Gasteiger partial charge in [0.2, 0.25) is 0 Å². The van der Waals surface area contributed by atoms with Crippen molar-refractivity contribution in [3.63, 3.8) is 0 Å². The number of hydrogen-bond acceptors (Lipinski definition) is 6. The van der Waals surface area contributed by atoms with E-state index in [1.807, 2.05) is 54.9 Å². The summed E-state index contributed by atoms with van der Waals surface area (Å²) in [6, 6.07) is 13.7. The highest BCUT2D eigenvalue weighted by Crippen LogP contribution is 2.34. The maximum atomic E-state index is 12.8. The maximum absolute atomic E-state index is 12.8. The Labute approximate surface area is 192 Å². The zero-order chi connectivity index (χ0) is 22.6. The number of amides is 1. The molecule has 8 heteroatoms. The van der Waals surface area contributed by atoms with E-state index in [2.05, 4.69) is 32.2 Å². The van der Waals surface area contributed by atoms with Gasteiger partial charge in [-0.05, 0) is 30.0 Å². The molecule has 0 radical (unpaired) electrons. The van der Waals surface area contributed by atoms with Crippen LogP contribution in [0.15, 0.2) is 67.4 Å². The molecule has 168 valence electrons. The Kier molecular flexibility index (Phi) is 5.89. The largest absolute Gasteiger partial charge is 0.445 e. The lowest BCUT2D eigenvalue weighted by Gasteiger charge is -2.37. The van der Waals surface area contributed by atoms with E-state index in [4.69, 9.17) is 4.74 Å². The van der Waals surface area contributed by atoms with E-state index in [-0.39, 0.29) is 18.7 Å². The molecule has 0 bridgehead atoms. The van der Waals surface area contributed by atoms with Gasteiger partial charge in [0.05, 0.1) is 11.4 Å². The van der Waals surface area contributed by atoms with E-state index >= 15 is 0 Å². The van der Waals surface area contributed by atoms with Crippen LogP contribution in [0.4, 0.5) is 10.5 Å². The summed E-state index contributed by atoms with van der Waals surface area (Å²) in [5, 5.41) is 4.68. The zero-order valence-corrected chi connectivity index (χ0v) is 18.4. The Bertz CT molecular complexity index is 1230. The van der Waals surface area contributed by atoms with Gasteiger partial charge in [-0.3, -0.25) is 0 Å². The van der Waals surface area contributed by atoms with Crippen molar-refractivity contribution in [1.82, 2.24) is 24.8 Å². The first kappa shape index (κ1) is 20.9. The number of likely N-dealkylation sites (tertiary alicyclic amines) is 1. The van der Waals surface area contributed by atoms with Gasteiger partial charge in [-0.15, -0.1) is 0 Å². The van der Waals surface area contributed by atoms with Gasteiger partial charge in [-0.1, -0.05) is 37.3 Å². The summed E-state index contributed by atoms with van der Waals surface area (Å²) in [5.74, 6) is 0.339. The molecular formula is C25H26N6O2. The third-order valence-electron chi connectivity index (χ3n) is 5.92. The summed E-state index contributed by atoms with van der Waals surface area (Å²) in [7, 11) is 0. The van der Waals surface area contributed by atoms with Crippen LogP contribution in [0.1, 0.15) is 18.9 Å². The second kappa shape index (κ2) is 9.28. The molecule has 3 aromatic heterocycles. The van der Waals surface area contributed by atoms with Crippen LogP contribution in [0, 0.1) is 5.92 Å². The van der Waals surface area contributed by atoms with Crippen LogP contribution in [0.25, 0.3) is 22.3 Å². The lowest BCUT2D eigenvalue weighted by Crippen LogP contribution is -2.48. The van der Waals surface area contributed by atoms with Crippen LogP contribution in [0.5, 0.6) is 0 Å². The van der Waals surface area contributed by atoms with Crippen molar-refractivity contribution in [2.24, 2.45) is 5.92 Å². The number of H-pyrrole nitrogens is 1. The van der Waals surface area contributed by atoms with Crippen molar-refractivity contribution >= 4 is 22.8 Å². The number of anilines is 1. The molecule has 1 aliphatic rings. The van der Waals surface area contributed by atoms with Crippen molar-refractivity contribution in [2.45, 2.75) is 26.0 Å². The second-order valence-corrected chi connectivity index (χ2v) is 8.51. The molecule has 8 nitrogen and oxygen atoms in total. The molecular weight excluding hydrogens is 416 g/mol. The average molecular weight is 443 g/mol. The highest BCUT2D eigenvalue weighted by molar-refractivity contribution is 5.97. The van der Waals surface area contributed by atoms with Crippen molar-refractivity contribution in [3.05, 3.63) is 72.9 Å². The number of aromatic amines is 1. The lowest BCUT2D eigenvalue weighted by molar-refractivity contribution is 0.0784. The van der Waals surface area contributed by atoms with Gasteiger partial charge in [0, 0.05) is 48.7 Å². The summed E-state index contributed by atoms with van der Waals surface area (Å²) < 4.78 is 5.59. The Morgan fingerprint density at radius 3 is 2.88 bits per heavy atom. The Hall–Kier alpha value is -3.94. The van der Waals surface area contributed by atoms with Crippen LogP contribution < -0.4 is 5.32 Å². The first-order chi connectivity index (χ1) is 16.2. The zero-order valence-electron chi connectivity index (χ0n) is 18.4. The number of carbonyl (C=O) groups is 1. The molecule has 0 saturated carbocycles. The number of piperidine rings is 1. The summed E-state index contributed by atoms with van der Waals surface area (Å²) in [4.78, 5) is 30.8. The number of fused-ring (bicyclic) bond motifs is 1. The minimum atomic E-state index is -0.283. The molecule has 1 aliphatic heterocycles. The number of nitrogens with zero attached hydrogens (tertiary/aromatic N) is 4. The molecule has 1 fully saturated rings. The van der Waals surface area contributed by atoms with Gasteiger partial charge in [0.25, 0.3) is 0 Å². The molecule has 5 rings (SSSR count). The highest BCUT2D eigenvalue weighted by Gasteiger charge is 2.30. The first-order valence-corrected chi connectivity index (χ1v) is 11.1. The standard InChI is InChI=1S/C25H26N6O2/c1-17-11-19(14-31(13-17)25(32)33-15-18-5-3-2-4-6-18)30-23-20-7-10-27-24(20)28-12-21(23)22-8-9-26-16-29-22/h2-10,12,16-17,19H,11,13-15H2,1H3,(H2,27,28,30)/t17-,19+/m1/s1. The molecule has 1 saturated heterocycles. The molecule has 1 amide bonds. The van der Waals surface area contributed by atoms with Gasteiger partial charge < -0.3 is 19.9 Å². The van der Waals surface area contributed by atoms with Gasteiger partial charge in [0.15, 0.2) is 0 Å². The van der Waals surface area contributed by atoms with Crippen LogP contribution in [-0.4, -0.2) is 50.1 Å². The number of pyridine rings is 1. The van der Waals surface area contributed by atoms with Crippen molar-refractivity contribution in [1.29, 1.82) is 0 Å². The number of rotatable bonds is 5. The topological polar surface area (TPSA) is 96.0 Å². The lowest BCUT2D eigenvalue weighted by atomic mass is 9.95. The van der Waals surface area contributed by atoms with E-state index in [0.29, 0.717) is 19.0 Å². The first-order valence-electron chi connectivity index (χ1n) is 11.1. The minimum Gasteiger partial charge on any atom is -0.445 e. The van der Waals surface area contributed by atoms with E-state index in [9.17, 15) is 4.79 Å². The van der Waals surface area contributed by atoms with E-state index < -0.39 is 0 Å². The molecule has 0 unspecified atom stereocenters. The monoisotopic (exact) mass is 442 g/mol.